The highest BCUT2D eigenvalue weighted by Crippen LogP contribution is 2.45. The minimum absolute atomic E-state index is 0.00217. The molecule has 0 unspecified atom stereocenters. The van der Waals surface area contributed by atoms with Gasteiger partial charge in [0.05, 0.1) is 48.8 Å². The maximum Gasteiger partial charge on any atom is 0.419 e. The molecule has 5 heterocycles. The first-order valence-electron chi connectivity index (χ1n) is 21.4. The average molecular weight is 907 g/mol. The molecule has 2 aliphatic heterocycles. The summed E-state index contributed by atoms with van der Waals surface area (Å²) in [7, 11) is 2.87. The van der Waals surface area contributed by atoms with Crippen molar-refractivity contribution in [1.82, 2.24) is 35.4 Å². The van der Waals surface area contributed by atoms with E-state index in [1.807, 2.05) is 45.0 Å². The van der Waals surface area contributed by atoms with E-state index >= 15 is 0 Å². The van der Waals surface area contributed by atoms with E-state index in [0.29, 0.717) is 91.6 Å². The molecule has 4 aromatic rings. The van der Waals surface area contributed by atoms with Crippen molar-refractivity contribution in [2.75, 3.05) is 39.2 Å². The number of hydrogen-bond donors (Lipinski definition) is 3. The second-order valence-electron chi connectivity index (χ2n) is 17.3. The maximum absolute atomic E-state index is 14.6. The van der Waals surface area contributed by atoms with Crippen molar-refractivity contribution < 1.29 is 41.8 Å². The van der Waals surface area contributed by atoms with Gasteiger partial charge in [-0.05, 0) is 88.3 Å². The highest BCUT2D eigenvalue weighted by atomic mass is 35.5. The Hall–Kier alpha value is -5.68. The molecule has 3 amide bonds. The van der Waals surface area contributed by atoms with Gasteiger partial charge in [0.15, 0.2) is 0 Å². The highest BCUT2D eigenvalue weighted by molar-refractivity contribution is 6.35. The number of likely N-dealkylation sites (tertiary alicyclic amines) is 1. The second-order valence-corrected chi connectivity index (χ2v) is 17.7. The monoisotopic (exact) mass is 906 g/mol. The van der Waals surface area contributed by atoms with Gasteiger partial charge < -0.3 is 40.0 Å². The van der Waals surface area contributed by atoms with Gasteiger partial charge in [-0.25, -0.2) is 9.78 Å². The number of piperidine rings is 1. The summed E-state index contributed by atoms with van der Waals surface area (Å²) < 4.78 is 60.9. The summed E-state index contributed by atoms with van der Waals surface area (Å²) in [6.45, 7) is 8.67. The number of methoxy groups -OCH3 is 2. The lowest BCUT2D eigenvalue weighted by molar-refractivity contribution is -0.137. The van der Waals surface area contributed by atoms with Crippen molar-refractivity contribution in [2.45, 2.75) is 109 Å². The number of carbonyl (C=O) groups excluding carboxylic acids is 3. The molecule has 18 heteroatoms. The smallest absolute Gasteiger partial charge is 0.419 e. The molecule has 3 aromatic heterocycles. The summed E-state index contributed by atoms with van der Waals surface area (Å²) in [5.74, 6) is -0.0324. The molecule has 2 saturated heterocycles. The Kier molecular flexibility index (Phi) is 13.9. The van der Waals surface area contributed by atoms with Crippen LogP contribution in [0.2, 0.25) is 5.02 Å². The number of rotatable bonds is 13. The van der Waals surface area contributed by atoms with Crippen molar-refractivity contribution in [3.63, 3.8) is 0 Å². The van der Waals surface area contributed by atoms with Crippen LogP contribution in [0.3, 0.4) is 0 Å². The number of amides is 3. The zero-order valence-electron chi connectivity index (χ0n) is 36.8. The summed E-state index contributed by atoms with van der Waals surface area (Å²) >= 11 is 7.17. The van der Waals surface area contributed by atoms with Gasteiger partial charge in [0.25, 0.3) is 0 Å². The SMILES string of the molecule is COc1nc(-c2ccnc(-c3cccc4c3CC[C@@H]4Nc3nc(OC)c(CNC[C@@H]4CCC(=O)N4)cc3C(F)(F)F)c2Cl)ccc1CN(C(=O)OC(C)(C)C)C1CCN(C(C)=O)CC1. The van der Waals surface area contributed by atoms with Crippen LogP contribution in [0.15, 0.2) is 48.7 Å². The molecule has 0 bridgehead atoms. The Morgan fingerprint density at radius 2 is 1.69 bits per heavy atom. The molecule has 0 radical (unpaired) electrons. The lowest BCUT2D eigenvalue weighted by atomic mass is 9.98. The number of halogens is 4. The lowest BCUT2D eigenvalue weighted by Crippen LogP contribution is -2.49. The van der Waals surface area contributed by atoms with Crippen molar-refractivity contribution in [3.8, 4) is 34.3 Å². The second kappa shape index (κ2) is 19.2. The van der Waals surface area contributed by atoms with Gasteiger partial charge in [0, 0.05) is 80.1 Å². The number of anilines is 1. The molecule has 0 spiro atoms. The summed E-state index contributed by atoms with van der Waals surface area (Å²) in [4.78, 5) is 54.5. The fraction of sp³-hybridized carbons (Fsp3) is 0.478. The standard InChI is InChI=1S/C46H54ClF3N8O6/c1-26(59)57-20-17-30(18-21-57)58(44(61)64-45(2,3)4)25-27-10-13-37(55-42(27)62-5)34-16-19-52-40(39(34)47)33-9-7-8-32-31(33)12-14-36(32)54-41-35(46(48,49)50)22-28(43(56-41)63-6)23-51-24-29-11-15-38(60)53-29/h7-10,13,16,19,22,29-30,36,51H,11-12,14-15,17-18,20-21,23-25H2,1-6H3,(H,53,60)(H,54,56)/t29-,36-/m0/s1. The van der Waals surface area contributed by atoms with Crippen molar-refractivity contribution >= 4 is 35.3 Å². The summed E-state index contributed by atoms with van der Waals surface area (Å²) in [5, 5.41) is 9.38. The van der Waals surface area contributed by atoms with E-state index in [4.69, 9.17) is 30.8 Å². The summed E-state index contributed by atoms with van der Waals surface area (Å²) in [6, 6.07) is 11.3. The van der Waals surface area contributed by atoms with E-state index in [-0.39, 0.29) is 54.2 Å². The molecule has 3 aliphatic rings. The van der Waals surface area contributed by atoms with E-state index in [9.17, 15) is 27.6 Å². The molecule has 1 aliphatic carbocycles. The average Bonchev–Trinajstić information content (AvgIpc) is 3.87. The van der Waals surface area contributed by atoms with E-state index in [1.165, 1.54) is 14.2 Å². The third kappa shape index (κ3) is 10.5. The molecule has 2 atom stereocenters. The molecule has 1 aromatic carbocycles. The van der Waals surface area contributed by atoms with Crippen LogP contribution in [0.25, 0.3) is 22.5 Å². The van der Waals surface area contributed by atoms with Crippen LogP contribution >= 0.6 is 11.6 Å². The Morgan fingerprint density at radius 1 is 0.953 bits per heavy atom. The van der Waals surface area contributed by atoms with Crippen LogP contribution in [0.1, 0.15) is 93.7 Å². The van der Waals surface area contributed by atoms with Gasteiger partial charge in [-0.3, -0.25) is 14.6 Å². The minimum atomic E-state index is -4.71. The maximum atomic E-state index is 14.6. The molecular formula is C46H54ClF3N8O6. The predicted molar refractivity (Wildman–Crippen MR) is 235 cm³/mol. The van der Waals surface area contributed by atoms with E-state index in [1.54, 1.807) is 35.1 Å². The van der Waals surface area contributed by atoms with Gasteiger partial charge in [-0.15, -0.1) is 0 Å². The van der Waals surface area contributed by atoms with Gasteiger partial charge in [0.1, 0.15) is 11.4 Å². The fourth-order valence-electron chi connectivity index (χ4n) is 8.65. The van der Waals surface area contributed by atoms with Gasteiger partial charge >= 0.3 is 12.3 Å². The number of carbonyl (C=O) groups is 3. The van der Waals surface area contributed by atoms with Crippen LogP contribution in [0, 0.1) is 0 Å². The molecule has 2 fully saturated rings. The quantitative estimate of drug-likeness (QED) is 0.119. The number of alkyl halides is 3. The zero-order valence-corrected chi connectivity index (χ0v) is 37.6. The van der Waals surface area contributed by atoms with Crippen LogP contribution in [-0.4, -0.2) is 94.2 Å². The van der Waals surface area contributed by atoms with Crippen molar-refractivity contribution in [3.05, 3.63) is 81.5 Å². The highest BCUT2D eigenvalue weighted by Gasteiger charge is 2.38. The normalized spacial score (nSPS) is 17.8. The van der Waals surface area contributed by atoms with Crippen LogP contribution in [0.5, 0.6) is 11.8 Å². The number of aromatic nitrogens is 3. The first kappa shape index (κ1) is 46.3. The van der Waals surface area contributed by atoms with Gasteiger partial charge in [-0.2, -0.15) is 18.2 Å². The molecule has 3 N–H and O–H groups in total. The van der Waals surface area contributed by atoms with Crippen LogP contribution in [-0.2, 0) is 40.0 Å². The van der Waals surface area contributed by atoms with E-state index in [0.717, 1.165) is 22.8 Å². The number of fused-ring (bicyclic) bond motifs is 1. The first-order valence-corrected chi connectivity index (χ1v) is 21.8. The van der Waals surface area contributed by atoms with Crippen LogP contribution < -0.4 is 25.4 Å². The Bertz CT molecular complexity index is 2390. The largest absolute Gasteiger partial charge is 0.481 e. The van der Waals surface area contributed by atoms with E-state index < -0.39 is 29.5 Å². The van der Waals surface area contributed by atoms with E-state index in [2.05, 4.69) is 25.9 Å². The van der Waals surface area contributed by atoms with Crippen LogP contribution in [0.4, 0.5) is 23.8 Å². The number of nitrogens with one attached hydrogen (secondary N) is 3. The summed E-state index contributed by atoms with van der Waals surface area (Å²) in [5.41, 5.74) is 3.25. The third-order valence-electron chi connectivity index (χ3n) is 11.8. The molecule has 14 nitrogen and oxygen atoms in total. The topological polar surface area (TPSA) is 160 Å². The minimum Gasteiger partial charge on any atom is -0.481 e. The Balaban J connectivity index is 1.13. The molecule has 7 rings (SSSR count). The molecule has 342 valence electrons. The molecule has 0 saturated carbocycles. The fourth-order valence-corrected chi connectivity index (χ4v) is 8.97. The number of hydrogen-bond acceptors (Lipinski definition) is 11. The van der Waals surface area contributed by atoms with Crippen molar-refractivity contribution in [1.29, 1.82) is 0 Å². The zero-order chi connectivity index (χ0) is 45.9. The number of benzene rings is 1. The van der Waals surface area contributed by atoms with Gasteiger partial charge in [-0.1, -0.05) is 29.8 Å². The van der Waals surface area contributed by atoms with Crippen molar-refractivity contribution in [2.24, 2.45) is 0 Å². The number of ether oxygens (including phenoxy) is 3. The molecule has 64 heavy (non-hydrogen) atoms. The Labute approximate surface area is 375 Å². The van der Waals surface area contributed by atoms with Gasteiger partial charge in [0.2, 0.25) is 23.6 Å². The predicted octanol–water partition coefficient (Wildman–Crippen LogP) is 8.11. The first-order chi connectivity index (χ1) is 30.4. The third-order valence-corrected chi connectivity index (χ3v) is 12.2. The summed E-state index contributed by atoms with van der Waals surface area (Å²) in [6.07, 6.45) is -0.265. The Morgan fingerprint density at radius 3 is 2.34 bits per heavy atom. The molecular weight excluding hydrogens is 853 g/mol. The lowest BCUT2D eigenvalue weighted by Gasteiger charge is -2.39. The number of nitrogens with zero attached hydrogens (tertiary/aromatic N) is 5. The number of pyridine rings is 3.